The minimum Gasteiger partial charge on any atom is -0.363 e. The van der Waals surface area contributed by atoms with E-state index in [2.05, 4.69) is 34.9 Å². The third-order valence-corrected chi connectivity index (χ3v) is 3.51. The quantitative estimate of drug-likeness (QED) is 0.863. The lowest BCUT2D eigenvalue weighted by molar-refractivity contribution is 0.0989. The number of hydrogen-bond acceptors (Lipinski definition) is 4. The molecular weight excluding hydrogens is 240 g/mol. The number of nitrogens with zero attached hydrogens (tertiary/aromatic N) is 3. The topological polar surface area (TPSA) is 72.1 Å². The predicted octanol–water partition coefficient (Wildman–Crippen LogP) is 1.17. The lowest BCUT2D eigenvalue weighted by Gasteiger charge is -2.29. The van der Waals surface area contributed by atoms with E-state index in [1.165, 1.54) is 12.8 Å². The fourth-order valence-corrected chi connectivity index (χ4v) is 2.59. The molecule has 2 heterocycles. The van der Waals surface area contributed by atoms with Crippen LogP contribution in [0.4, 0.5) is 0 Å². The number of amides is 1. The molecule has 0 aromatic carbocycles. The van der Waals surface area contributed by atoms with Gasteiger partial charge in [-0.3, -0.25) is 9.69 Å². The van der Waals surface area contributed by atoms with Gasteiger partial charge in [0.2, 0.25) is 5.82 Å². The Morgan fingerprint density at radius 1 is 1.58 bits per heavy atom. The maximum absolute atomic E-state index is 11.1. The molecule has 0 saturated carbocycles. The van der Waals surface area contributed by atoms with Gasteiger partial charge in [-0.2, -0.15) is 0 Å². The molecular formula is C14H21N4O. The van der Waals surface area contributed by atoms with Crippen LogP contribution in [0.5, 0.6) is 0 Å². The summed E-state index contributed by atoms with van der Waals surface area (Å²) >= 11 is 0. The largest absolute Gasteiger partial charge is 0.363 e. The van der Waals surface area contributed by atoms with Crippen molar-refractivity contribution >= 4 is 5.91 Å². The Morgan fingerprint density at radius 2 is 2.37 bits per heavy atom. The Hall–Kier alpha value is -1.49. The highest BCUT2D eigenvalue weighted by atomic mass is 16.1. The van der Waals surface area contributed by atoms with Gasteiger partial charge >= 0.3 is 0 Å². The second kappa shape index (κ2) is 6.10. The zero-order valence-corrected chi connectivity index (χ0v) is 11.6. The fourth-order valence-electron chi connectivity index (χ4n) is 2.59. The molecule has 1 amide bonds. The molecule has 1 radical (unpaired) electrons. The highest BCUT2D eigenvalue weighted by Gasteiger charge is 2.20. The highest BCUT2D eigenvalue weighted by Crippen LogP contribution is 2.18. The van der Waals surface area contributed by atoms with E-state index in [4.69, 9.17) is 5.73 Å². The summed E-state index contributed by atoms with van der Waals surface area (Å²) in [7, 11) is 0. The molecule has 0 bridgehead atoms. The molecule has 1 aliphatic rings. The number of fused-ring (bicyclic) bond motifs is 1. The molecule has 2 N–H and O–H groups in total. The van der Waals surface area contributed by atoms with Crippen LogP contribution >= 0.6 is 0 Å². The molecule has 1 unspecified atom stereocenters. The van der Waals surface area contributed by atoms with Crippen LogP contribution in [-0.2, 0) is 13.0 Å². The van der Waals surface area contributed by atoms with Gasteiger partial charge in [0, 0.05) is 25.2 Å². The average molecular weight is 261 g/mol. The van der Waals surface area contributed by atoms with Gasteiger partial charge in [0.05, 0.1) is 11.9 Å². The summed E-state index contributed by atoms with van der Waals surface area (Å²) < 4.78 is 0. The van der Waals surface area contributed by atoms with Gasteiger partial charge in [-0.15, -0.1) is 0 Å². The van der Waals surface area contributed by atoms with Gasteiger partial charge in [-0.05, 0) is 18.8 Å². The minimum atomic E-state index is -0.587. The number of aromatic nitrogens is 2. The molecule has 0 spiro atoms. The molecule has 0 saturated heterocycles. The van der Waals surface area contributed by atoms with E-state index in [1.807, 2.05) is 0 Å². The summed E-state index contributed by atoms with van der Waals surface area (Å²) in [5.74, 6) is 0.172. The Labute approximate surface area is 114 Å². The summed E-state index contributed by atoms with van der Waals surface area (Å²) in [5.41, 5.74) is 7.12. The number of carbonyl (C=O) groups is 1. The summed E-state index contributed by atoms with van der Waals surface area (Å²) in [4.78, 5) is 21.6. The van der Waals surface area contributed by atoms with Crippen molar-refractivity contribution in [3.05, 3.63) is 23.3 Å². The first kappa shape index (κ1) is 13.9. The van der Waals surface area contributed by atoms with Crippen molar-refractivity contribution in [3.63, 3.8) is 0 Å². The van der Waals surface area contributed by atoms with Crippen molar-refractivity contribution in [3.8, 4) is 0 Å². The number of nitrogens with two attached hydrogens (primary N) is 1. The summed E-state index contributed by atoms with van der Waals surface area (Å²) in [6.45, 7) is 7.34. The van der Waals surface area contributed by atoms with E-state index in [1.54, 1.807) is 0 Å². The van der Waals surface area contributed by atoms with Crippen LogP contribution in [0.15, 0.2) is 0 Å². The first-order valence-corrected chi connectivity index (χ1v) is 6.89. The van der Waals surface area contributed by atoms with Crippen LogP contribution in [0.25, 0.3) is 0 Å². The molecule has 0 aliphatic carbocycles. The van der Waals surface area contributed by atoms with Gasteiger partial charge in [0.25, 0.3) is 5.91 Å². The standard InChI is InChI=1S/C14H21N4O/c1-3-4-10(2)8-18-6-5-11-7-16-14(13(15)19)17-12(11)9-18/h10H,3-6,8-9H2,1-2H3,(H2,15,19). The van der Waals surface area contributed by atoms with E-state index < -0.39 is 5.91 Å². The number of primary amides is 1. The molecule has 1 aromatic rings. The van der Waals surface area contributed by atoms with Gasteiger partial charge in [-0.1, -0.05) is 20.3 Å². The fraction of sp³-hybridized carbons (Fsp3) is 0.643. The van der Waals surface area contributed by atoms with E-state index in [-0.39, 0.29) is 5.82 Å². The van der Waals surface area contributed by atoms with E-state index in [0.717, 1.165) is 37.3 Å². The van der Waals surface area contributed by atoms with Crippen LogP contribution in [0.3, 0.4) is 0 Å². The van der Waals surface area contributed by atoms with Crippen LogP contribution in [0.1, 0.15) is 48.6 Å². The van der Waals surface area contributed by atoms with Gasteiger partial charge in [-0.25, -0.2) is 9.97 Å². The Kier molecular flexibility index (Phi) is 4.47. The molecule has 19 heavy (non-hydrogen) atoms. The molecule has 2 rings (SSSR count). The first-order chi connectivity index (χ1) is 9.10. The summed E-state index contributed by atoms with van der Waals surface area (Å²) in [5, 5.41) is 0. The molecule has 5 heteroatoms. The second-order valence-corrected chi connectivity index (χ2v) is 5.33. The van der Waals surface area contributed by atoms with Crippen LogP contribution in [0, 0.1) is 12.1 Å². The molecule has 1 aromatic heterocycles. The van der Waals surface area contributed by atoms with E-state index in [0.29, 0.717) is 5.92 Å². The number of hydrogen-bond donors (Lipinski definition) is 1. The maximum atomic E-state index is 11.1. The van der Waals surface area contributed by atoms with Crippen molar-refractivity contribution in [1.82, 2.24) is 14.9 Å². The normalized spacial score (nSPS) is 16.9. The Balaban J connectivity index is 2.05. The lowest BCUT2D eigenvalue weighted by Crippen LogP contribution is -2.35. The minimum absolute atomic E-state index is 0.0715. The van der Waals surface area contributed by atoms with Crippen molar-refractivity contribution in [2.45, 2.75) is 39.7 Å². The predicted molar refractivity (Wildman–Crippen MR) is 72.4 cm³/mol. The van der Waals surface area contributed by atoms with Crippen molar-refractivity contribution in [1.29, 1.82) is 0 Å². The smallest absolute Gasteiger partial charge is 0.286 e. The zero-order chi connectivity index (χ0) is 13.8. The summed E-state index contributed by atoms with van der Waals surface area (Å²) in [6, 6.07) is 0. The first-order valence-electron chi connectivity index (χ1n) is 6.89. The van der Waals surface area contributed by atoms with E-state index >= 15 is 0 Å². The molecule has 5 nitrogen and oxygen atoms in total. The number of carbonyl (C=O) groups excluding carboxylic acids is 1. The average Bonchev–Trinajstić information content (AvgIpc) is 2.38. The van der Waals surface area contributed by atoms with Crippen LogP contribution < -0.4 is 5.73 Å². The SMILES string of the molecule is CCCC(C)CN1CCc2[c]nc(C(N)=O)nc2C1. The Morgan fingerprint density at radius 3 is 3.05 bits per heavy atom. The maximum Gasteiger partial charge on any atom is 0.286 e. The molecule has 103 valence electrons. The Bertz CT molecular complexity index is 461. The van der Waals surface area contributed by atoms with Crippen LogP contribution in [-0.4, -0.2) is 33.9 Å². The highest BCUT2D eigenvalue weighted by molar-refractivity contribution is 5.88. The van der Waals surface area contributed by atoms with Crippen molar-refractivity contribution in [2.24, 2.45) is 11.7 Å². The van der Waals surface area contributed by atoms with Gasteiger partial charge in [0.1, 0.15) is 0 Å². The number of rotatable bonds is 5. The summed E-state index contributed by atoms with van der Waals surface area (Å²) in [6.07, 6.45) is 6.25. The van der Waals surface area contributed by atoms with Gasteiger partial charge < -0.3 is 5.73 Å². The lowest BCUT2D eigenvalue weighted by atomic mass is 10.0. The molecule has 1 atom stereocenters. The molecule has 0 fully saturated rings. The second-order valence-electron chi connectivity index (χ2n) is 5.33. The van der Waals surface area contributed by atoms with Crippen LogP contribution in [0.2, 0.25) is 0 Å². The van der Waals surface area contributed by atoms with E-state index in [9.17, 15) is 4.79 Å². The third-order valence-electron chi connectivity index (χ3n) is 3.51. The molecule has 1 aliphatic heterocycles. The third kappa shape index (κ3) is 3.50. The monoisotopic (exact) mass is 261 g/mol. The van der Waals surface area contributed by atoms with Gasteiger partial charge in [0.15, 0.2) is 0 Å². The van der Waals surface area contributed by atoms with Crippen molar-refractivity contribution in [2.75, 3.05) is 13.1 Å². The van der Waals surface area contributed by atoms with Crippen molar-refractivity contribution < 1.29 is 4.79 Å². The zero-order valence-electron chi connectivity index (χ0n) is 11.6.